The number of ether oxygens (including phenoxy) is 1. The third kappa shape index (κ3) is 3.18. The summed E-state index contributed by atoms with van der Waals surface area (Å²) in [7, 11) is 3.72. The van der Waals surface area contributed by atoms with Gasteiger partial charge in [0.1, 0.15) is 6.10 Å². The molecule has 17 heavy (non-hydrogen) atoms. The predicted octanol–water partition coefficient (Wildman–Crippen LogP) is 1.23. The van der Waals surface area contributed by atoms with Crippen LogP contribution in [0.5, 0.6) is 6.01 Å². The normalized spacial score (nSPS) is 16.8. The Bertz CT molecular complexity index is 376. The third-order valence-corrected chi connectivity index (χ3v) is 2.84. The first kappa shape index (κ1) is 11.9. The Kier molecular flexibility index (Phi) is 3.61. The summed E-state index contributed by atoms with van der Waals surface area (Å²) in [5, 5.41) is 0. The van der Waals surface area contributed by atoms with Gasteiger partial charge >= 0.3 is 6.01 Å². The minimum Gasteiger partial charge on any atom is -0.460 e. The van der Waals surface area contributed by atoms with E-state index >= 15 is 0 Å². The average molecular weight is 237 g/mol. The molecule has 0 amide bonds. The smallest absolute Gasteiger partial charge is 0.323 e. The lowest BCUT2D eigenvalue weighted by molar-refractivity contribution is 0.142. The molecule has 94 valence electrons. The van der Waals surface area contributed by atoms with Crippen molar-refractivity contribution in [3.8, 4) is 6.01 Å². The lowest BCUT2D eigenvalue weighted by Gasteiger charge is -2.22. The van der Waals surface area contributed by atoms with Gasteiger partial charge in [-0.25, -0.2) is 0 Å². The lowest BCUT2D eigenvalue weighted by atomic mass is 9.98. The molecule has 1 aromatic rings. The van der Waals surface area contributed by atoms with Crippen LogP contribution in [0.3, 0.4) is 0 Å². The molecule has 1 aliphatic rings. The van der Waals surface area contributed by atoms with Crippen molar-refractivity contribution in [2.24, 2.45) is 0 Å². The fraction of sp³-hybridized carbons (Fsp3) is 0.727. The molecule has 0 bridgehead atoms. The van der Waals surface area contributed by atoms with Crippen LogP contribution in [0.1, 0.15) is 32.1 Å². The van der Waals surface area contributed by atoms with Crippen LogP contribution >= 0.6 is 0 Å². The van der Waals surface area contributed by atoms with E-state index in [9.17, 15) is 0 Å². The number of hydrogen-bond donors (Lipinski definition) is 1. The number of rotatable bonds is 3. The summed E-state index contributed by atoms with van der Waals surface area (Å²) in [6, 6.07) is 0.341. The van der Waals surface area contributed by atoms with Gasteiger partial charge in [-0.2, -0.15) is 15.0 Å². The molecule has 0 spiro atoms. The van der Waals surface area contributed by atoms with Crippen LogP contribution in [0, 0.1) is 0 Å². The van der Waals surface area contributed by atoms with Crippen molar-refractivity contribution in [2.75, 3.05) is 24.7 Å². The highest BCUT2D eigenvalue weighted by Gasteiger charge is 2.17. The first-order valence-electron chi connectivity index (χ1n) is 6.00. The van der Waals surface area contributed by atoms with Gasteiger partial charge in [-0.15, -0.1) is 0 Å². The molecule has 1 aromatic heterocycles. The number of anilines is 2. The molecule has 2 rings (SSSR count). The van der Waals surface area contributed by atoms with Crippen molar-refractivity contribution in [3.05, 3.63) is 0 Å². The van der Waals surface area contributed by atoms with Gasteiger partial charge in [-0.3, -0.25) is 0 Å². The lowest BCUT2D eigenvalue weighted by Crippen LogP contribution is -2.22. The van der Waals surface area contributed by atoms with Gasteiger partial charge in [0.15, 0.2) is 0 Å². The monoisotopic (exact) mass is 237 g/mol. The van der Waals surface area contributed by atoms with Crippen molar-refractivity contribution in [3.63, 3.8) is 0 Å². The van der Waals surface area contributed by atoms with Crippen molar-refractivity contribution in [1.82, 2.24) is 15.0 Å². The highest BCUT2D eigenvalue weighted by molar-refractivity contribution is 5.33. The van der Waals surface area contributed by atoms with Gasteiger partial charge in [0, 0.05) is 14.1 Å². The van der Waals surface area contributed by atoms with Crippen LogP contribution in [-0.2, 0) is 0 Å². The molecule has 0 radical (unpaired) electrons. The minimum atomic E-state index is 0.203. The Hall–Kier alpha value is -1.59. The summed E-state index contributed by atoms with van der Waals surface area (Å²) in [5.41, 5.74) is 5.63. The maximum Gasteiger partial charge on any atom is 0.323 e. The molecule has 1 saturated carbocycles. The summed E-state index contributed by atoms with van der Waals surface area (Å²) in [5.74, 6) is 0.734. The predicted molar refractivity (Wildman–Crippen MR) is 66.1 cm³/mol. The quantitative estimate of drug-likeness (QED) is 0.852. The zero-order valence-corrected chi connectivity index (χ0v) is 10.4. The van der Waals surface area contributed by atoms with E-state index in [1.807, 2.05) is 14.1 Å². The van der Waals surface area contributed by atoms with Gasteiger partial charge < -0.3 is 15.4 Å². The Labute approximate surface area is 101 Å². The maximum absolute atomic E-state index is 5.76. The summed E-state index contributed by atoms with van der Waals surface area (Å²) < 4.78 is 5.76. The van der Waals surface area contributed by atoms with E-state index in [4.69, 9.17) is 10.5 Å². The van der Waals surface area contributed by atoms with E-state index in [2.05, 4.69) is 15.0 Å². The van der Waals surface area contributed by atoms with Gasteiger partial charge in [-0.1, -0.05) is 6.42 Å². The molecule has 0 unspecified atom stereocenters. The van der Waals surface area contributed by atoms with Crippen LogP contribution in [0.25, 0.3) is 0 Å². The number of nitrogen functional groups attached to an aromatic ring is 1. The van der Waals surface area contributed by atoms with Crippen LogP contribution in [0.2, 0.25) is 0 Å². The minimum absolute atomic E-state index is 0.203. The van der Waals surface area contributed by atoms with Gasteiger partial charge in [0.2, 0.25) is 11.9 Å². The van der Waals surface area contributed by atoms with Crippen molar-refractivity contribution in [1.29, 1.82) is 0 Å². The molecule has 1 aliphatic carbocycles. The second-order valence-corrected chi connectivity index (χ2v) is 4.55. The van der Waals surface area contributed by atoms with Crippen LogP contribution in [0.4, 0.5) is 11.9 Å². The largest absolute Gasteiger partial charge is 0.460 e. The molecule has 0 aliphatic heterocycles. The summed E-state index contributed by atoms with van der Waals surface area (Å²) >= 11 is 0. The number of nitrogens with zero attached hydrogens (tertiary/aromatic N) is 4. The maximum atomic E-state index is 5.76. The summed E-state index contributed by atoms with van der Waals surface area (Å²) in [6.45, 7) is 0. The summed E-state index contributed by atoms with van der Waals surface area (Å²) in [6.07, 6.45) is 6.09. The second-order valence-electron chi connectivity index (χ2n) is 4.55. The topological polar surface area (TPSA) is 77.2 Å². The molecule has 6 heteroatoms. The van der Waals surface area contributed by atoms with E-state index in [1.165, 1.54) is 19.3 Å². The zero-order chi connectivity index (χ0) is 12.3. The highest BCUT2D eigenvalue weighted by Crippen LogP contribution is 2.22. The molecule has 0 aromatic carbocycles. The molecule has 0 atom stereocenters. The Morgan fingerprint density at radius 3 is 2.47 bits per heavy atom. The van der Waals surface area contributed by atoms with Gasteiger partial charge in [-0.05, 0) is 25.7 Å². The third-order valence-electron chi connectivity index (χ3n) is 2.84. The molecule has 0 saturated heterocycles. The van der Waals surface area contributed by atoms with Crippen LogP contribution < -0.4 is 15.4 Å². The highest BCUT2D eigenvalue weighted by atomic mass is 16.5. The van der Waals surface area contributed by atoms with Crippen LogP contribution in [0.15, 0.2) is 0 Å². The first-order chi connectivity index (χ1) is 8.15. The number of aromatic nitrogens is 3. The Morgan fingerprint density at radius 2 is 1.82 bits per heavy atom. The first-order valence-corrected chi connectivity index (χ1v) is 6.00. The fourth-order valence-corrected chi connectivity index (χ4v) is 1.95. The van der Waals surface area contributed by atoms with Gasteiger partial charge in [0.25, 0.3) is 0 Å². The average Bonchev–Trinajstić information content (AvgIpc) is 2.29. The zero-order valence-electron chi connectivity index (χ0n) is 10.4. The van der Waals surface area contributed by atoms with E-state index in [-0.39, 0.29) is 12.1 Å². The fourth-order valence-electron chi connectivity index (χ4n) is 1.95. The van der Waals surface area contributed by atoms with E-state index < -0.39 is 0 Å². The van der Waals surface area contributed by atoms with Crippen molar-refractivity contribution < 1.29 is 4.74 Å². The molecular weight excluding hydrogens is 218 g/mol. The molecule has 6 nitrogen and oxygen atoms in total. The number of hydrogen-bond acceptors (Lipinski definition) is 6. The summed E-state index contributed by atoms with van der Waals surface area (Å²) in [4.78, 5) is 14.1. The Balaban J connectivity index is 2.09. The van der Waals surface area contributed by atoms with E-state index in [0.717, 1.165) is 12.8 Å². The number of nitrogens with two attached hydrogens (primary N) is 1. The van der Waals surface area contributed by atoms with Crippen molar-refractivity contribution >= 4 is 11.9 Å². The molecular formula is C11H19N5O. The Morgan fingerprint density at radius 1 is 1.12 bits per heavy atom. The molecule has 1 heterocycles. The van der Waals surface area contributed by atoms with Crippen molar-refractivity contribution in [2.45, 2.75) is 38.2 Å². The van der Waals surface area contributed by atoms with Crippen LogP contribution in [-0.4, -0.2) is 35.2 Å². The molecule has 1 fully saturated rings. The SMILES string of the molecule is CN(C)c1nc(N)nc(OC2CCCCC2)n1. The second kappa shape index (κ2) is 5.16. The van der Waals surface area contributed by atoms with Gasteiger partial charge in [0.05, 0.1) is 0 Å². The molecule has 2 N–H and O–H groups in total. The van der Waals surface area contributed by atoms with E-state index in [0.29, 0.717) is 12.0 Å². The standard InChI is InChI=1S/C11H19N5O/c1-16(2)10-13-9(12)14-11(15-10)17-8-6-4-3-5-7-8/h8H,3-7H2,1-2H3,(H2,12,13,14,15). The van der Waals surface area contributed by atoms with E-state index in [1.54, 1.807) is 4.90 Å².